The van der Waals surface area contributed by atoms with Gasteiger partial charge in [0.2, 0.25) is 0 Å². The highest BCUT2D eigenvalue weighted by Gasteiger charge is 2.03. The number of carbonyl (C=O) groups is 1. The zero-order valence-corrected chi connectivity index (χ0v) is 6.24. The Bertz CT molecular complexity index is 493. The highest BCUT2D eigenvalue weighted by molar-refractivity contribution is 6.08. The van der Waals surface area contributed by atoms with Gasteiger partial charge in [-0.3, -0.25) is 9.59 Å². The smallest absolute Gasteiger partial charge is 0.192 e. The van der Waals surface area contributed by atoms with E-state index in [1.165, 1.54) is 18.4 Å². The van der Waals surface area contributed by atoms with E-state index in [2.05, 4.69) is 0 Å². The topological polar surface area (TPSA) is 47.3 Å². The Labute approximate surface area is 67.6 Å². The van der Waals surface area contributed by atoms with Gasteiger partial charge in [-0.1, -0.05) is 0 Å². The first-order chi connectivity index (χ1) is 5.77. The zero-order chi connectivity index (χ0) is 8.55. The lowest BCUT2D eigenvalue weighted by atomic mass is 10.1. The Balaban J connectivity index is 2.98. The van der Waals surface area contributed by atoms with E-state index in [4.69, 9.17) is 4.42 Å². The average Bonchev–Trinajstić information content (AvgIpc) is 2.07. The molecule has 1 aliphatic rings. The molecular weight excluding hydrogens is 156 g/mol. The standard InChI is InChI=1S/C9H6O3/c10-6-1-2-9-7(5-6)8(11)3-4-12-9/h2-5H,1H2. The van der Waals surface area contributed by atoms with Crippen molar-refractivity contribution in [2.45, 2.75) is 6.42 Å². The van der Waals surface area contributed by atoms with E-state index in [0.29, 0.717) is 17.1 Å². The maximum atomic E-state index is 11.1. The quantitative estimate of drug-likeness (QED) is 0.500. The Morgan fingerprint density at radius 1 is 1.33 bits per heavy atom. The van der Waals surface area contributed by atoms with Crippen molar-refractivity contribution in [1.82, 2.24) is 0 Å². The number of hydrogen-bond donors (Lipinski definition) is 0. The number of carbonyl (C=O) groups excluding carboxylic acids is 1. The third-order valence-corrected chi connectivity index (χ3v) is 1.74. The molecule has 0 saturated heterocycles. The largest absolute Gasteiger partial charge is 0.464 e. The van der Waals surface area contributed by atoms with Crippen LogP contribution in [-0.4, -0.2) is 5.78 Å². The van der Waals surface area contributed by atoms with E-state index in [0.717, 1.165) is 0 Å². The van der Waals surface area contributed by atoms with Crippen LogP contribution in [0.25, 0.3) is 12.2 Å². The molecule has 0 atom stereocenters. The molecular formula is C9H6O3. The third-order valence-electron chi connectivity index (χ3n) is 1.74. The van der Waals surface area contributed by atoms with Crippen LogP contribution in [0.15, 0.2) is 21.5 Å². The van der Waals surface area contributed by atoms with Gasteiger partial charge in [0.15, 0.2) is 11.2 Å². The maximum absolute atomic E-state index is 11.1. The lowest BCUT2D eigenvalue weighted by molar-refractivity contribution is -0.112. The van der Waals surface area contributed by atoms with Crippen LogP contribution in [0.4, 0.5) is 0 Å². The van der Waals surface area contributed by atoms with Crippen LogP contribution < -0.4 is 16.1 Å². The second-order valence-electron chi connectivity index (χ2n) is 2.58. The summed E-state index contributed by atoms with van der Waals surface area (Å²) in [7, 11) is 0. The number of fused-ring (bicyclic) bond motifs is 1. The van der Waals surface area contributed by atoms with Gasteiger partial charge in [0.25, 0.3) is 0 Å². The summed E-state index contributed by atoms with van der Waals surface area (Å²) >= 11 is 0. The predicted molar refractivity (Wildman–Crippen MR) is 42.8 cm³/mol. The fourth-order valence-electron chi connectivity index (χ4n) is 1.16. The molecule has 0 saturated carbocycles. The van der Waals surface area contributed by atoms with Gasteiger partial charge < -0.3 is 4.42 Å². The molecule has 12 heavy (non-hydrogen) atoms. The van der Waals surface area contributed by atoms with E-state index >= 15 is 0 Å². The summed E-state index contributed by atoms with van der Waals surface area (Å²) in [5.41, 5.74) is 0.336. The van der Waals surface area contributed by atoms with Crippen molar-refractivity contribution in [3.63, 3.8) is 0 Å². The molecule has 0 fully saturated rings. The van der Waals surface area contributed by atoms with Crippen LogP contribution in [0, 0.1) is 0 Å². The third kappa shape index (κ3) is 0.993. The molecule has 1 aromatic rings. The highest BCUT2D eigenvalue weighted by Crippen LogP contribution is 1.88. The molecule has 0 bridgehead atoms. The fraction of sp³-hybridized carbons (Fsp3) is 0.111. The zero-order valence-electron chi connectivity index (χ0n) is 6.24. The van der Waals surface area contributed by atoms with Crippen molar-refractivity contribution in [3.05, 3.63) is 33.2 Å². The van der Waals surface area contributed by atoms with Crippen LogP contribution in [0.2, 0.25) is 0 Å². The molecule has 1 aliphatic carbocycles. The van der Waals surface area contributed by atoms with Gasteiger partial charge in [0.1, 0.15) is 5.42 Å². The summed E-state index contributed by atoms with van der Waals surface area (Å²) in [5.74, 6) is -0.0546. The Kier molecular flexibility index (Phi) is 1.43. The lowest BCUT2D eigenvalue weighted by Crippen LogP contribution is -2.40. The number of rotatable bonds is 0. The van der Waals surface area contributed by atoms with Gasteiger partial charge in [-0.05, 0) is 12.2 Å². The molecule has 3 heteroatoms. The predicted octanol–water partition coefficient (Wildman–Crippen LogP) is -0.826. The molecule has 2 rings (SSSR count). The molecule has 0 unspecified atom stereocenters. The summed E-state index contributed by atoms with van der Waals surface area (Å²) in [5, 5.41) is 0.369. The lowest BCUT2D eigenvalue weighted by Gasteiger charge is -1.95. The second kappa shape index (κ2) is 2.44. The second-order valence-corrected chi connectivity index (χ2v) is 2.58. The molecule has 0 aliphatic heterocycles. The van der Waals surface area contributed by atoms with Gasteiger partial charge in [-0.15, -0.1) is 0 Å². The summed E-state index contributed by atoms with van der Waals surface area (Å²) in [6.45, 7) is 0. The van der Waals surface area contributed by atoms with Gasteiger partial charge >= 0.3 is 0 Å². The summed E-state index contributed by atoms with van der Waals surface area (Å²) in [4.78, 5) is 22.1. The highest BCUT2D eigenvalue weighted by atomic mass is 16.3. The van der Waals surface area contributed by atoms with Crippen molar-refractivity contribution >= 4 is 17.9 Å². The van der Waals surface area contributed by atoms with Crippen LogP contribution in [0.5, 0.6) is 0 Å². The number of hydrogen-bond acceptors (Lipinski definition) is 3. The van der Waals surface area contributed by atoms with Crippen LogP contribution in [-0.2, 0) is 4.79 Å². The van der Waals surface area contributed by atoms with Gasteiger partial charge in [-0.2, -0.15) is 0 Å². The normalized spacial score (nSPS) is 14.5. The van der Waals surface area contributed by atoms with E-state index in [-0.39, 0.29) is 11.2 Å². The molecule has 1 aromatic heterocycles. The molecule has 0 amide bonds. The van der Waals surface area contributed by atoms with Crippen molar-refractivity contribution in [2.75, 3.05) is 0 Å². The first-order valence-electron chi connectivity index (χ1n) is 3.60. The monoisotopic (exact) mass is 162 g/mol. The molecule has 0 spiro atoms. The maximum Gasteiger partial charge on any atom is 0.192 e. The molecule has 0 radical (unpaired) electrons. The van der Waals surface area contributed by atoms with Gasteiger partial charge in [0, 0.05) is 12.5 Å². The summed E-state index contributed by atoms with van der Waals surface area (Å²) in [6.07, 6.45) is 4.61. The number of ketones is 1. The molecule has 3 nitrogen and oxygen atoms in total. The first-order valence-corrected chi connectivity index (χ1v) is 3.60. The van der Waals surface area contributed by atoms with Crippen LogP contribution in [0.3, 0.4) is 0 Å². The molecule has 60 valence electrons. The molecule has 0 N–H and O–H groups in total. The Morgan fingerprint density at radius 2 is 2.17 bits per heavy atom. The Morgan fingerprint density at radius 3 is 3.00 bits per heavy atom. The van der Waals surface area contributed by atoms with E-state index in [9.17, 15) is 9.59 Å². The fourth-order valence-corrected chi connectivity index (χ4v) is 1.16. The summed E-state index contributed by atoms with van der Waals surface area (Å²) < 4.78 is 5.04. The van der Waals surface area contributed by atoms with Crippen molar-refractivity contribution < 1.29 is 9.21 Å². The molecule has 0 aromatic carbocycles. The van der Waals surface area contributed by atoms with E-state index in [1.807, 2.05) is 0 Å². The van der Waals surface area contributed by atoms with E-state index < -0.39 is 0 Å². The molecule has 1 heterocycles. The minimum atomic E-state index is -0.166. The van der Waals surface area contributed by atoms with Crippen molar-refractivity contribution in [3.8, 4) is 0 Å². The first kappa shape index (κ1) is 7.03. The van der Waals surface area contributed by atoms with Crippen LogP contribution >= 0.6 is 0 Å². The Hall–Kier alpha value is -1.64. The van der Waals surface area contributed by atoms with Crippen LogP contribution in [0.1, 0.15) is 6.42 Å². The average molecular weight is 162 g/mol. The summed E-state index contributed by atoms with van der Waals surface area (Å²) in [6, 6.07) is 1.31. The van der Waals surface area contributed by atoms with Gasteiger partial charge in [0.05, 0.1) is 11.5 Å². The minimum absolute atomic E-state index is 0.0546. The van der Waals surface area contributed by atoms with Crippen molar-refractivity contribution in [2.24, 2.45) is 0 Å². The van der Waals surface area contributed by atoms with Crippen molar-refractivity contribution in [1.29, 1.82) is 0 Å². The minimum Gasteiger partial charge on any atom is -0.464 e. The SMILES string of the molecule is O=C1C=c2c(=O)ccoc2=CC1. The van der Waals surface area contributed by atoms with E-state index in [1.54, 1.807) is 6.08 Å². The number of Topliss-reactive ketones (excluding diaryl/α,β-unsaturated/α-hetero) is 1. The van der Waals surface area contributed by atoms with Gasteiger partial charge in [-0.25, -0.2) is 0 Å².